The molecule has 0 saturated carbocycles. The Morgan fingerprint density at radius 2 is 1.55 bits per heavy atom. The molecule has 0 aliphatic carbocycles. The minimum Gasteiger partial charge on any atom is -0.465 e. The number of nitrogens with zero attached hydrogens (tertiary/aromatic N) is 2. The maximum Gasteiger partial charge on any atom is 0.331 e. The second kappa shape index (κ2) is 12.3. The zero-order valence-corrected chi connectivity index (χ0v) is 23.1. The van der Waals surface area contributed by atoms with Crippen LogP contribution in [0.4, 0.5) is 11.4 Å². The minimum atomic E-state index is -2.21. The summed E-state index contributed by atoms with van der Waals surface area (Å²) in [4.78, 5) is 57.7. The van der Waals surface area contributed by atoms with E-state index in [0.29, 0.717) is 11.3 Å². The van der Waals surface area contributed by atoms with Crippen molar-refractivity contribution in [3.8, 4) is 0 Å². The summed E-state index contributed by atoms with van der Waals surface area (Å²) in [6, 6.07) is 21.3. The van der Waals surface area contributed by atoms with Crippen LogP contribution in [0.1, 0.15) is 40.6 Å². The van der Waals surface area contributed by atoms with Crippen molar-refractivity contribution < 1.29 is 28.8 Å². The van der Waals surface area contributed by atoms with Crippen LogP contribution < -0.4 is 0 Å². The van der Waals surface area contributed by atoms with Crippen LogP contribution in [0.3, 0.4) is 0 Å². The molecule has 1 saturated heterocycles. The molecule has 0 spiro atoms. The third-order valence-electron chi connectivity index (χ3n) is 6.55. The van der Waals surface area contributed by atoms with Crippen molar-refractivity contribution in [3.63, 3.8) is 0 Å². The average molecular weight is 561 g/mol. The predicted octanol–water partition coefficient (Wildman–Crippen LogP) is 6.03. The van der Waals surface area contributed by atoms with Crippen LogP contribution in [0.5, 0.6) is 0 Å². The van der Waals surface area contributed by atoms with Gasteiger partial charge < -0.3 is 9.47 Å². The highest BCUT2D eigenvalue weighted by atomic mass is 32.2. The standard InChI is InChI=1S/C30H28N2O7S/c1-4-38-28(34)30(29(35)39-5-2)24(25(33)20-11-7-6-8-12-20)26(21-14-16-23(17-15-21)32(36)37)40-27(30)31-22-13-9-10-19(3)18-22/h6-18,24,26H,4-5H2,1-3H3/t24-,26-/m1/s1. The summed E-state index contributed by atoms with van der Waals surface area (Å²) in [5.74, 6) is -3.67. The zero-order valence-electron chi connectivity index (χ0n) is 22.2. The fourth-order valence-electron chi connectivity index (χ4n) is 4.73. The van der Waals surface area contributed by atoms with Gasteiger partial charge in [-0.3, -0.25) is 24.5 Å². The Hall–Kier alpha value is -4.31. The lowest BCUT2D eigenvalue weighted by Gasteiger charge is -2.31. The molecular formula is C30H28N2O7S. The first-order valence-corrected chi connectivity index (χ1v) is 13.6. The first kappa shape index (κ1) is 28.7. The highest BCUT2D eigenvalue weighted by Crippen LogP contribution is 2.59. The minimum absolute atomic E-state index is 0.0448. The number of hydrogen-bond donors (Lipinski definition) is 0. The van der Waals surface area contributed by atoms with E-state index in [1.54, 1.807) is 62.4 Å². The van der Waals surface area contributed by atoms with Crippen LogP contribution in [-0.4, -0.2) is 40.9 Å². The van der Waals surface area contributed by atoms with E-state index in [9.17, 15) is 24.5 Å². The topological polar surface area (TPSA) is 125 Å². The van der Waals surface area contributed by atoms with Crippen LogP contribution in [0.15, 0.2) is 83.9 Å². The normalized spacial score (nSPS) is 18.7. The maximum atomic E-state index is 14.3. The summed E-state index contributed by atoms with van der Waals surface area (Å²) in [6.45, 7) is 5.01. The number of thioether (sulfide) groups is 1. The average Bonchev–Trinajstić information content (AvgIpc) is 3.29. The largest absolute Gasteiger partial charge is 0.465 e. The number of ketones is 1. The van der Waals surface area contributed by atoms with Gasteiger partial charge >= 0.3 is 11.9 Å². The predicted molar refractivity (Wildman–Crippen MR) is 152 cm³/mol. The van der Waals surface area contributed by atoms with Crippen molar-refractivity contribution in [3.05, 3.63) is 106 Å². The fourth-order valence-corrected chi connectivity index (χ4v) is 6.37. The van der Waals surface area contributed by atoms with Crippen molar-refractivity contribution in [1.82, 2.24) is 0 Å². The Morgan fingerprint density at radius 1 is 0.925 bits per heavy atom. The third kappa shape index (κ3) is 5.40. The second-order valence-electron chi connectivity index (χ2n) is 9.10. The molecule has 0 amide bonds. The highest BCUT2D eigenvalue weighted by Gasteiger charge is 2.68. The molecule has 3 aromatic carbocycles. The monoisotopic (exact) mass is 560 g/mol. The molecular weight excluding hydrogens is 532 g/mol. The second-order valence-corrected chi connectivity index (χ2v) is 10.2. The summed E-state index contributed by atoms with van der Waals surface area (Å²) < 4.78 is 10.9. The molecule has 0 radical (unpaired) electrons. The van der Waals surface area contributed by atoms with Crippen molar-refractivity contribution in [2.24, 2.45) is 16.3 Å². The number of nitro groups is 1. The third-order valence-corrected chi connectivity index (χ3v) is 7.98. The molecule has 40 heavy (non-hydrogen) atoms. The van der Waals surface area contributed by atoms with E-state index >= 15 is 0 Å². The number of non-ortho nitro benzene ring substituents is 1. The molecule has 0 unspecified atom stereocenters. The first-order valence-electron chi connectivity index (χ1n) is 12.7. The molecule has 1 aliphatic heterocycles. The van der Waals surface area contributed by atoms with Crippen LogP contribution >= 0.6 is 11.8 Å². The van der Waals surface area contributed by atoms with Crippen molar-refractivity contribution >= 4 is 45.9 Å². The number of ether oxygens (including phenoxy) is 2. The van der Waals surface area contributed by atoms with Gasteiger partial charge in [0.1, 0.15) is 5.04 Å². The molecule has 4 rings (SSSR count). The van der Waals surface area contributed by atoms with E-state index in [2.05, 4.69) is 0 Å². The summed E-state index contributed by atoms with van der Waals surface area (Å²) >= 11 is 1.08. The van der Waals surface area contributed by atoms with E-state index in [1.807, 2.05) is 13.0 Å². The number of carbonyl (C=O) groups is 3. The Morgan fingerprint density at radius 3 is 2.10 bits per heavy atom. The number of carbonyl (C=O) groups excluding carboxylic acids is 3. The number of aliphatic imine (C=N–C) groups is 1. The van der Waals surface area contributed by atoms with E-state index in [1.165, 1.54) is 24.3 Å². The Kier molecular flexibility index (Phi) is 8.79. The van der Waals surface area contributed by atoms with E-state index < -0.39 is 39.2 Å². The Balaban J connectivity index is 2.03. The van der Waals surface area contributed by atoms with Gasteiger partial charge in [-0.05, 0) is 44.0 Å². The van der Waals surface area contributed by atoms with Crippen LogP contribution in [0, 0.1) is 28.4 Å². The van der Waals surface area contributed by atoms with Gasteiger partial charge in [-0.2, -0.15) is 0 Å². The molecule has 0 bridgehead atoms. The number of esters is 2. The summed E-state index contributed by atoms with van der Waals surface area (Å²) in [6.07, 6.45) is 0. The molecule has 10 heteroatoms. The van der Waals surface area contributed by atoms with Crippen molar-refractivity contribution in [2.75, 3.05) is 13.2 Å². The van der Waals surface area contributed by atoms with Crippen LogP contribution in [-0.2, 0) is 19.1 Å². The van der Waals surface area contributed by atoms with Gasteiger partial charge in [0.25, 0.3) is 5.69 Å². The molecule has 206 valence electrons. The summed E-state index contributed by atoms with van der Waals surface area (Å²) in [5, 5.41) is 10.6. The molecule has 1 fully saturated rings. The zero-order chi connectivity index (χ0) is 28.9. The van der Waals surface area contributed by atoms with Gasteiger partial charge in [0.15, 0.2) is 5.78 Å². The number of aryl methyl sites for hydroxylation is 1. The highest BCUT2D eigenvalue weighted by molar-refractivity contribution is 8.14. The lowest BCUT2D eigenvalue weighted by atomic mass is 9.69. The van der Waals surface area contributed by atoms with Gasteiger partial charge in [0.2, 0.25) is 5.41 Å². The Bertz CT molecular complexity index is 1440. The quantitative estimate of drug-likeness (QED) is 0.102. The number of benzene rings is 3. The lowest BCUT2D eigenvalue weighted by molar-refractivity contribution is -0.384. The smallest absolute Gasteiger partial charge is 0.331 e. The first-order chi connectivity index (χ1) is 19.2. The van der Waals surface area contributed by atoms with Gasteiger partial charge in [0, 0.05) is 22.9 Å². The van der Waals surface area contributed by atoms with Crippen molar-refractivity contribution in [2.45, 2.75) is 26.0 Å². The van der Waals surface area contributed by atoms with Gasteiger partial charge in [0.05, 0.1) is 29.7 Å². The molecule has 3 aromatic rings. The molecule has 2 atom stereocenters. The van der Waals surface area contributed by atoms with E-state index in [-0.39, 0.29) is 29.5 Å². The van der Waals surface area contributed by atoms with Gasteiger partial charge in [-0.25, -0.2) is 4.99 Å². The number of rotatable bonds is 9. The number of hydrogen-bond acceptors (Lipinski definition) is 9. The fraction of sp³-hybridized carbons (Fsp3) is 0.267. The lowest BCUT2D eigenvalue weighted by Crippen LogP contribution is -2.52. The molecule has 0 N–H and O–H groups in total. The van der Waals surface area contributed by atoms with Gasteiger partial charge in [-0.1, -0.05) is 66.4 Å². The molecule has 9 nitrogen and oxygen atoms in total. The van der Waals surface area contributed by atoms with E-state index in [0.717, 1.165) is 17.3 Å². The van der Waals surface area contributed by atoms with Crippen LogP contribution in [0.2, 0.25) is 0 Å². The maximum absolute atomic E-state index is 14.3. The number of nitro benzene ring substituents is 1. The molecule has 1 aliphatic rings. The van der Waals surface area contributed by atoms with Gasteiger partial charge in [-0.15, -0.1) is 0 Å². The molecule has 1 heterocycles. The number of Topliss-reactive ketones (excluding diaryl/α,β-unsaturated/α-hetero) is 1. The van der Waals surface area contributed by atoms with Crippen molar-refractivity contribution in [1.29, 1.82) is 0 Å². The molecule has 0 aromatic heterocycles. The summed E-state index contributed by atoms with van der Waals surface area (Å²) in [7, 11) is 0. The van der Waals surface area contributed by atoms with E-state index in [4.69, 9.17) is 14.5 Å². The Labute approximate surface area is 235 Å². The summed E-state index contributed by atoms with van der Waals surface area (Å²) in [5.41, 5.74) is -0.150. The van der Waals surface area contributed by atoms with Crippen LogP contribution in [0.25, 0.3) is 0 Å². The SMILES string of the molecule is CCOC(=O)C1(C(=O)OCC)C(=Nc2cccc(C)c2)S[C@H](c2ccc([N+](=O)[O-])cc2)[C@H]1C(=O)c1ccccc1.